The molecule has 9 heteroatoms. The monoisotopic (exact) mass is 485 g/mol. The molecule has 1 heterocycles. The molecule has 0 aliphatic rings. The average Bonchev–Trinajstić information content (AvgIpc) is 3.28. The predicted octanol–water partition coefficient (Wildman–Crippen LogP) is 4.95. The minimum atomic E-state index is -0.352. The van der Waals surface area contributed by atoms with Crippen LogP contribution in [0.2, 0.25) is 0 Å². The van der Waals surface area contributed by atoms with Crippen LogP contribution in [-0.2, 0) is 4.79 Å². The first-order valence-corrected chi connectivity index (χ1v) is 11.3. The zero-order valence-corrected chi connectivity index (χ0v) is 20.6. The third-order valence-corrected chi connectivity index (χ3v) is 5.28. The van der Waals surface area contributed by atoms with E-state index in [1.165, 1.54) is 12.1 Å². The highest BCUT2D eigenvalue weighted by Crippen LogP contribution is 2.39. The van der Waals surface area contributed by atoms with Crippen LogP contribution in [0.15, 0.2) is 48.5 Å². The Morgan fingerprint density at radius 3 is 2.20 bits per heavy atom. The lowest BCUT2D eigenvalue weighted by molar-refractivity contribution is -0.122. The summed E-state index contributed by atoms with van der Waals surface area (Å²) in [6, 6.07) is 13.2. The number of aromatic nitrogens is 2. The lowest BCUT2D eigenvalue weighted by atomic mass is 10.0. The number of nitrogens with zero attached hydrogens (tertiary/aromatic N) is 2. The fourth-order valence-electron chi connectivity index (χ4n) is 3.71. The van der Waals surface area contributed by atoms with Crippen LogP contribution in [0, 0.1) is 11.7 Å². The molecule has 2 aromatic carbocycles. The maximum atomic E-state index is 13.5. The van der Waals surface area contributed by atoms with Crippen LogP contribution in [0.25, 0.3) is 16.9 Å². The second-order valence-electron chi connectivity index (χ2n) is 8.15. The fourth-order valence-corrected chi connectivity index (χ4v) is 3.71. The first-order valence-electron chi connectivity index (χ1n) is 11.3. The predicted molar refractivity (Wildman–Crippen MR) is 132 cm³/mol. The third kappa shape index (κ3) is 7.05. The summed E-state index contributed by atoms with van der Waals surface area (Å²) in [5.41, 5.74) is 2.14. The number of rotatable bonds is 9. The number of carboxylic acid groups (broad SMARTS) is 1. The molecule has 3 rings (SSSR count). The summed E-state index contributed by atoms with van der Waals surface area (Å²) in [5, 5.41) is 14.6. The van der Waals surface area contributed by atoms with E-state index >= 15 is 0 Å². The number of carbonyl (C=O) groups is 2. The van der Waals surface area contributed by atoms with Gasteiger partial charge in [-0.3, -0.25) is 9.59 Å². The van der Waals surface area contributed by atoms with Gasteiger partial charge >= 0.3 is 0 Å². The van der Waals surface area contributed by atoms with Crippen molar-refractivity contribution in [2.75, 3.05) is 14.2 Å². The Labute approximate surface area is 204 Å². The van der Waals surface area contributed by atoms with Gasteiger partial charge in [-0.05, 0) is 61.2 Å². The summed E-state index contributed by atoms with van der Waals surface area (Å²) >= 11 is 0. The van der Waals surface area contributed by atoms with E-state index in [0.717, 1.165) is 12.8 Å². The van der Waals surface area contributed by atoms with Gasteiger partial charge in [0.15, 0.2) is 5.69 Å². The molecular weight excluding hydrogens is 453 g/mol. The van der Waals surface area contributed by atoms with Gasteiger partial charge in [0.25, 0.3) is 12.4 Å². The van der Waals surface area contributed by atoms with Crippen molar-refractivity contribution in [2.24, 2.45) is 5.92 Å². The van der Waals surface area contributed by atoms with Crippen LogP contribution in [0.4, 0.5) is 4.39 Å². The summed E-state index contributed by atoms with van der Waals surface area (Å²) in [6.07, 6.45) is 1.71. The molecule has 0 radical (unpaired) electrons. The number of benzene rings is 2. The molecule has 188 valence electrons. The highest BCUT2D eigenvalue weighted by Gasteiger charge is 2.23. The lowest BCUT2D eigenvalue weighted by Crippen LogP contribution is -2.35. The topological polar surface area (TPSA) is 103 Å². The van der Waals surface area contributed by atoms with E-state index in [2.05, 4.69) is 31.2 Å². The maximum Gasteiger partial charge on any atom is 0.290 e. The number of ether oxygens (including phenoxy) is 2. The molecule has 0 spiro atoms. The molecule has 0 saturated carbocycles. The van der Waals surface area contributed by atoms with Crippen molar-refractivity contribution >= 4 is 12.4 Å². The van der Waals surface area contributed by atoms with Gasteiger partial charge in [0.1, 0.15) is 17.3 Å². The number of nitrogens with one attached hydrogen (secondary N) is 1. The number of hydrogen-bond acceptors (Lipinski definition) is 5. The molecule has 0 aliphatic carbocycles. The normalized spacial score (nSPS) is 11.3. The molecule has 8 nitrogen and oxygen atoms in total. The van der Waals surface area contributed by atoms with E-state index in [1.54, 1.807) is 37.1 Å². The van der Waals surface area contributed by atoms with E-state index < -0.39 is 0 Å². The second-order valence-corrected chi connectivity index (χ2v) is 8.15. The first kappa shape index (κ1) is 27.4. The zero-order valence-electron chi connectivity index (χ0n) is 20.6. The van der Waals surface area contributed by atoms with Crippen molar-refractivity contribution in [3.8, 4) is 28.4 Å². The van der Waals surface area contributed by atoms with E-state index in [9.17, 15) is 9.18 Å². The van der Waals surface area contributed by atoms with E-state index in [1.807, 2.05) is 18.2 Å². The van der Waals surface area contributed by atoms with Crippen molar-refractivity contribution in [3.05, 3.63) is 60.0 Å². The summed E-state index contributed by atoms with van der Waals surface area (Å²) in [4.78, 5) is 21.4. The van der Waals surface area contributed by atoms with E-state index in [-0.39, 0.29) is 29.9 Å². The van der Waals surface area contributed by atoms with E-state index in [4.69, 9.17) is 19.4 Å². The number of halogens is 1. The van der Waals surface area contributed by atoms with Gasteiger partial charge in [-0.25, -0.2) is 9.07 Å². The quantitative estimate of drug-likeness (QED) is 0.416. The number of carbonyl (C=O) groups excluding carboxylic acids is 1. The highest BCUT2D eigenvalue weighted by molar-refractivity contribution is 5.94. The standard InChI is InChI=1S/C25H30FN3O3.CH2O2/c1-6-18(14-16(2)3)27-25(30)20-15-21(24-22(31-4)8-7-9-23(24)32-5)29(28-20)19-12-10-17(26)11-13-19;2-1-3/h7-13,15-16,18H,6,14H2,1-5H3,(H,27,30);1H,(H,2,3). The summed E-state index contributed by atoms with van der Waals surface area (Å²) < 4.78 is 26.3. The number of amides is 1. The summed E-state index contributed by atoms with van der Waals surface area (Å²) in [5.74, 6) is 1.00. The molecule has 1 amide bonds. The van der Waals surface area contributed by atoms with Gasteiger partial charge in [0, 0.05) is 6.04 Å². The number of hydrogen-bond donors (Lipinski definition) is 2. The minimum absolute atomic E-state index is 0.0581. The average molecular weight is 486 g/mol. The molecule has 0 bridgehead atoms. The first-order chi connectivity index (χ1) is 16.8. The van der Waals surface area contributed by atoms with Gasteiger partial charge in [-0.15, -0.1) is 0 Å². The van der Waals surface area contributed by atoms with Crippen molar-refractivity contribution in [1.29, 1.82) is 0 Å². The van der Waals surface area contributed by atoms with Gasteiger partial charge in [0.2, 0.25) is 0 Å². The fraction of sp³-hybridized carbons (Fsp3) is 0.346. The zero-order chi connectivity index (χ0) is 26.0. The van der Waals surface area contributed by atoms with Crippen LogP contribution < -0.4 is 14.8 Å². The third-order valence-electron chi connectivity index (χ3n) is 5.28. The Hall–Kier alpha value is -3.88. The molecule has 1 unspecified atom stereocenters. The summed E-state index contributed by atoms with van der Waals surface area (Å²) in [7, 11) is 3.14. The van der Waals surface area contributed by atoms with Crippen molar-refractivity contribution in [2.45, 2.75) is 39.7 Å². The van der Waals surface area contributed by atoms with Gasteiger partial charge in [0.05, 0.1) is 31.2 Å². The molecule has 0 saturated heterocycles. The van der Waals surface area contributed by atoms with Crippen molar-refractivity contribution in [3.63, 3.8) is 0 Å². The molecular formula is C26H32FN3O5. The lowest BCUT2D eigenvalue weighted by Gasteiger charge is -2.18. The van der Waals surface area contributed by atoms with Crippen molar-refractivity contribution < 1.29 is 28.6 Å². The molecule has 0 fully saturated rings. The Bertz CT molecular complexity index is 1090. The second kappa shape index (κ2) is 13.1. The van der Waals surface area contributed by atoms with Gasteiger partial charge in [-0.2, -0.15) is 5.10 Å². The Balaban J connectivity index is 0.00000137. The molecule has 35 heavy (non-hydrogen) atoms. The smallest absolute Gasteiger partial charge is 0.290 e. The molecule has 0 aliphatic heterocycles. The Kier molecular flexibility index (Phi) is 10.3. The minimum Gasteiger partial charge on any atom is -0.496 e. The summed E-state index contributed by atoms with van der Waals surface area (Å²) in [6.45, 7) is 6.06. The highest BCUT2D eigenvalue weighted by atomic mass is 19.1. The van der Waals surface area contributed by atoms with Crippen molar-refractivity contribution in [1.82, 2.24) is 15.1 Å². The van der Waals surface area contributed by atoms with Crippen LogP contribution in [0.1, 0.15) is 44.1 Å². The molecule has 1 atom stereocenters. The van der Waals surface area contributed by atoms with Gasteiger partial charge < -0.3 is 19.9 Å². The van der Waals surface area contributed by atoms with Crippen LogP contribution in [0.3, 0.4) is 0 Å². The Morgan fingerprint density at radius 2 is 1.71 bits per heavy atom. The Morgan fingerprint density at radius 1 is 1.14 bits per heavy atom. The van der Waals surface area contributed by atoms with Crippen LogP contribution >= 0.6 is 0 Å². The van der Waals surface area contributed by atoms with Crippen LogP contribution in [-0.4, -0.2) is 47.5 Å². The molecule has 3 aromatic rings. The maximum absolute atomic E-state index is 13.5. The number of methoxy groups -OCH3 is 2. The largest absolute Gasteiger partial charge is 0.496 e. The molecule has 1 aromatic heterocycles. The van der Waals surface area contributed by atoms with E-state index in [0.29, 0.717) is 34.4 Å². The van der Waals surface area contributed by atoms with Gasteiger partial charge in [-0.1, -0.05) is 26.8 Å². The molecule has 2 N–H and O–H groups in total. The SMILES string of the molecule is CCC(CC(C)C)NC(=O)c1cc(-c2c(OC)cccc2OC)n(-c2ccc(F)cc2)n1.O=CO. The van der Waals surface area contributed by atoms with Crippen LogP contribution in [0.5, 0.6) is 11.5 Å².